The van der Waals surface area contributed by atoms with Crippen molar-refractivity contribution in [2.24, 2.45) is 0 Å². The molecule has 0 bridgehead atoms. The average Bonchev–Trinajstić information content (AvgIpc) is 2.37. The van der Waals surface area contributed by atoms with E-state index in [1.54, 1.807) is 0 Å². The van der Waals surface area contributed by atoms with Crippen molar-refractivity contribution < 1.29 is 19.4 Å². The Bertz CT molecular complexity index is 405. The van der Waals surface area contributed by atoms with Gasteiger partial charge in [-0.3, -0.25) is 4.79 Å². The molecule has 0 fully saturated rings. The fourth-order valence-corrected chi connectivity index (χ4v) is 1.66. The first-order chi connectivity index (χ1) is 8.54. The number of nitrogens with one attached hydrogen (secondary N) is 1. The Morgan fingerprint density at radius 3 is 2.44 bits per heavy atom. The van der Waals surface area contributed by atoms with Gasteiger partial charge in [0.15, 0.2) is 6.10 Å². The van der Waals surface area contributed by atoms with E-state index < -0.39 is 18.1 Å². The topological polar surface area (TPSA) is 75.6 Å². The van der Waals surface area contributed by atoms with Crippen LogP contribution >= 0.6 is 0 Å². The molecule has 1 aromatic carbocycles. The second-order valence-corrected chi connectivity index (χ2v) is 3.96. The van der Waals surface area contributed by atoms with E-state index in [1.807, 2.05) is 30.3 Å². The Hall–Kier alpha value is -1.88. The normalized spacial score (nSPS) is 13.5. The number of aliphatic hydroxyl groups is 1. The molecule has 0 spiro atoms. The van der Waals surface area contributed by atoms with Gasteiger partial charge in [0.2, 0.25) is 5.91 Å². The van der Waals surface area contributed by atoms with Crippen LogP contribution in [0.5, 0.6) is 0 Å². The van der Waals surface area contributed by atoms with Crippen LogP contribution in [0.1, 0.15) is 12.5 Å². The van der Waals surface area contributed by atoms with Crippen LogP contribution in [-0.2, 0) is 20.7 Å². The number of rotatable bonds is 5. The molecule has 1 aromatic rings. The van der Waals surface area contributed by atoms with Gasteiger partial charge >= 0.3 is 5.97 Å². The first-order valence-electron chi connectivity index (χ1n) is 5.61. The fourth-order valence-electron chi connectivity index (χ4n) is 1.66. The predicted molar refractivity (Wildman–Crippen MR) is 65.8 cm³/mol. The SMILES string of the molecule is COC(=O)C(O)[C@H](Cc1ccccc1)NC(C)=O. The van der Waals surface area contributed by atoms with E-state index in [0.29, 0.717) is 6.42 Å². The number of hydrogen-bond donors (Lipinski definition) is 2. The van der Waals surface area contributed by atoms with Gasteiger partial charge in [0.1, 0.15) is 0 Å². The maximum atomic E-state index is 11.3. The molecule has 5 heteroatoms. The Kier molecular flexibility index (Phi) is 5.32. The molecule has 1 unspecified atom stereocenters. The maximum absolute atomic E-state index is 11.3. The van der Waals surface area contributed by atoms with Crippen molar-refractivity contribution >= 4 is 11.9 Å². The standard InChI is InChI=1S/C13H17NO4/c1-9(15)14-11(12(16)13(17)18-2)8-10-6-4-3-5-7-10/h3-7,11-12,16H,8H2,1-2H3,(H,14,15)/t11-,12?/m0/s1. The lowest BCUT2D eigenvalue weighted by Crippen LogP contribution is -2.48. The molecule has 18 heavy (non-hydrogen) atoms. The van der Waals surface area contributed by atoms with Gasteiger partial charge in [-0.15, -0.1) is 0 Å². The lowest BCUT2D eigenvalue weighted by Gasteiger charge is -2.21. The summed E-state index contributed by atoms with van der Waals surface area (Å²) in [7, 11) is 1.19. The van der Waals surface area contributed by atoms with E-state index in [2.05, 4.69) is 10.1 Å². The smallest absolute Gasteiger partial charge is 0.336 e. The van der Waals surface area contributed by atoms with Crippen LogP contribution in [0, 0.1) is 0 Å². The van der Waals surface area contributed by atoms with E-state index in [9.17, 15) is 14.7 Å². The fraction of sp³-hybridized carbons (Fsp3) is 0.385. The van der Waals surface area contributed by atoms with Crippen molar-refractivity contribution in [2.45, 2.75) is 25.5 Å². The van der Waals surface area contributed by atoms with Gasteiger partial charge in [-0.25, -0.2) is 4.79 Å². The molecule has 1 rings (SSSR count). The van der Waals surface area contributed by atoms with E-state index in [-0.39, 0.29) is 5.91 Å². The van der Waals surface area contributed by atoms with Gasteiger partial charge in [0.05, 0.1) is 13.2 Å². The Balaban J connectivity index is 2.78. The van der Waals surface area contributed by atoms with Gasteiger partial charge in [-0.05, 0) is 12.0 Å². The van der Waals surface area contributed by atoms with Crippen molar-refractivity contribution in [2.75, 3.05) is 7.11 Å². The Morgan fingerprint density at radius 1 is 1.33 bits per heavy atom. The molecule has 0 aliphatic carbocycles. The van der Waals surface area contributed by atoms with Crippen LogP contribution < -0.4 is 5.32 Å². The average molecular weight is 251 g/mol. The summed E-state index contributed by atoms with van der Waals surface area (Å²) in [6.07, 6.45) is -1.02. The van der Waals surface area contributed by atoms with Crippen LogP contribution in [0.25, 0.3) is 0 Å². The third-order valence-electron chi connectivity index (χ3n) is 2.51. The van der Waals surface area contributed by atoms with Gasteiger partial charge in [-0.1, -0.05) is 30.3 Å². The quantitative estimate of drug-likeness (QED) is 0.736. The Labute approximate surface area is 106 Å². The maximum Gasteiger partial charge on any atom is 0.336 e. The van der Waals surface area contributed by atoms with Crippen LogP contribution in [0.2, 0.25) is 0 Å². The molecular weight excluding hydrogens is 234 g/mol. The molecular formula is C13H17NO4. The van der Waals surface area contributed by atoms with Crippen LogP contribution in [0.15, 0.2) is 30.3 Å². The molecule has 0 saturated carbocycles. The number of aliphatic hydroxyl groups excluding tert-OH is 1. The highest BCUT2D eigenvalue weighted by atomic mass is 16.5. The zero-order valence-electron chi connectivity index (χ0n) is 10.4. The number of methoxy groups -OCH3 is 1. The van der Waals surface area contributed by atoms with Crippen molar-refractivity contribution in [1.29, 1.82) is 0 Å². The van der Waals surface area contributed by atoms with Gasteiger partial charge in [0, 0.05) is 6.92 Å². The van der Waals surface area contributed by atoms with Gasteiger partial charge in [0.25, 0.3) is 0 Å². The zero-order valence-corrected chi connectivity index (χ0v) is 10.4. The van der Waals surface area contributed by atoms with Gasteiger partial charge in [-0.2, -0.15) is 0 Å². The molecule has 0 heterocycles. The van der Waals surface area contributed by atoms with E-state index >= 15 is 0 Å². The van der Waals surface area contributed by atoms with Crippen molar-refractivity contribution in [3.63, 3.8) is 0 Å². The van der Waals surface area contributed by atoms with E-state index in [4.69, 9.17) is 0 Å². The lowest BCUT2D eigenvalue weighted by molar-refractivity contribution is -0.152. The number of benzene rings is 1. The summed E-state index contributed by atoms with van der Waals surface area (Å²) in [5.41, 5.74) is 0.916. The summed E-state index contributed by atoms with van der Waals surface area (Å²) < 4.78 is 4.47. The first kappa shape index (κ1) is 14.2. The summed E-state index contributed by atoms with van der Waals surface area (Å²) in [4.78, 5) is 22.4. The molecule has 1 amide bonds. The Morgan fingerprint density at radius 2 is 1.94 bits per heavy atom. The number of hydrogen-bond acceptors (Lipinski definition) is 4. The molecule has 0 saturated heterocycles. The number of carbonyl (C=O) groups excluding carboxylic acids is 2. The third-order valence-corrected chi connectivity index (χ3v) is 2.51. The number of carbonyl (C=O) groups is 2. The largest absolute Gasteiger partial charge is 0.467 e. The molecule has 0 aromatic heterocycles. The zero-order chi connectivity index (χ0) is 13.5. The predicted octanol–water partition coefficient (Wildman–Crippen LogP) is 0.268. The summed E-state index contributed by atoms with van der Waals surface area (Å²) in [6.45, 7) is 1.34. The molecule has 0 aliphatic rings. The highest BCUT2D eigenvalue weighted by Crippen LogP contribution is 2.07. The second kappa shape index (κ2) is 6.76. The van der Waals surface area contributed by atoms with Crippen molar-refractivity contribution in [3.8, 4) is 0 Å². The third kappa shape index (κ3) is 4.18. The molecule has 5 nitrogen and oxygen atoms in total. The highest BCUT2D eigenvalue weighted by molar-refractivity contribution is 5.78. The second-order valence-electron chi connectivity index (χ2n) is 3.96. The highest BCUT2D eigenvalue weighted by Gasteiger charge is 2.27. The summed E-state index contributed by atoms with van der Waals surface area (Å²) >= 11 is 0. The lowest BCUT2D eigenvalue weighted by atomic mass is 10.0. The minimum Gasteiger partial charge on any atom is -0.467 e. The molecule has 2 N–H and O–H groups in total. The minimum absolute atomic E-state index is 0.307. The van der Waals surface area contributed by atoms with Crippen LogP contribution in [0.3, 0.4) is 0 Å². The van der Waals surface area contributed by atoms with E-state index in [1.165, 1.54) is 14.0 Å². The number of esters is 1. The van der Waals surface area contributed by atoms with Crippen LogP contribution in [-0.4, -0.2) is 36.2 Å². The van der Waals surface area contributed by atoms with E-state index in [0.717, 1.165) is 5.56 Å². The summed E-state index contributed by atoms with van der Waals surface area (Å²) in [5, 5.41) is 12.4. The molecule has 0 radical (unpaired) electrons. The molecule has 2 atom stereocenters. The minimum atomic E-state index is -1.38. The van der Waals surface area contributed by atoms with Crippen molar-refractivity contribution in [1.82, 2.24) is 5.32 Å². The van der Waals surface area contributed by atoms with Crippen LogP contribution in [0.4, 0.5) is 0 Å². The first-order valence-corrected chi connectivity index (χ1v) is 5.61. The molecule has 0 aliphatic heterocycles. The number of ether oxygens (including phenoxy) is 1. The van der Waals surface area contributed by atoms with Gasteiger partial charge < -0.3 is 15.2 Å². The monoisotopic (exact) mass is 251 g/mol. The summed E-state index contributed by atoms with van der Waals surface area (Å²) in [6, 6.07) is 8.60. The summed E-state index contributed by atoms with van der Waals surface area (Å²) in [5.74, 6) is -1.07. The van der Waals surface area contributed by atoms with Crippen molar-refractivity contribution in [3.05, 3.63) is 35.9 Å². The number of amides is 1. The molecule has 98 valence electrons.